The molecular formula is C14H16ClN3O5. The van der Waals surface area contributed by atoms with Gasteiger partial charge in [-0.15, -0.1) is 0 Å². The zero-order valence-corrected chi connectivity index (χ0v) is 13.9. The summed E-state index contributed by atoms with van der Waals surface area (Å²) in [5.74, 6) is -0.523. The molecule has 0 saturated carbocycles. The van der Waals surface area contributed by atoms with Gasteiger partial charge in [-0.2, -0.15) is 0 Å². The van der Waals surface area contributed by atoms with Crippen LogP contribution in [0.15, 0.2) is 12.3 Å². The van der Waals surface area contributed by atoms with Crippen LogP contribution in [0.3, 0.4) is 0 Å². The molecule has 0 aliphatic rings. The molecule has 0 amide bonds. The lowest BCUT2D eigenvalue weighted by atomic mass is 10.2. The van der Waals surface area contributed by atoms with Crippen LogP contribution in [-0.2, 0) is 4.74 Å². The van der Waals surface area contributed by atoms with Crippen LogP contribution < -0.4 is 4.74 Å². The molecule has 0 saturated heterocycles. The molecule has 0 aromatic carbocycles. The second kappa shape index (κ2) is 6.04. The molecule has 8 nitrogen and oxygen atoms in total. The topological polar surface area (TPSA) is 96.5 Å². The zero-order valence-electron chi connectivity index (χ0n) is 13.1. The van der Waals surface area contributed by atoms with E-state index in [0.717, 1.165) is 4.57 Å². The van der Waals surface area contributed by atoms with Gasteiger partial charge in [0.25, 0.3) is 5.15 Å². The minimum Gasteiger partial charge on any atom is -0.486 e. The van der Waals surface area contributed by atoms with Crippen LogP contribution in [0.2, 0.25) is 5.15 Å². The number of hydrogen-bond donors (Lipinski definition) is 0. The Kier molecular flexibility index (Phi) is 4.46. The summed E-state index contributed by atoms with van der Waals surface area (Å²) in [6.45, 7) is 7.08. The van der Waals surface area contributed by atoms with Crippen LogP contribution in [0, 0.1) is 10.1 Å². The number of halogens is 1. The van der Waals surface area contributed by atoms with Gasteiger partial charge in [0.2, 0.25) is 5.75 Å². The molecule has 0 atom stereocenters. The Bertz CT molecular complexity index is 779. The third kappa shape index (κ3) is 3.37. The molecule has 9 heteroatoms. The van der Waals surface area contributed by atoms with Gasteiger partial charge in [-0.25, -0.2) is 9.36 Å². The van der Waals surface area contributed by atoms with Gasteiger partial charge in [-0.05, 0) is 55.3 Å². The minimum atomic E-state index is -0.697. The first-order valence-electron chi connectivity index (χ1n) is 6.86. The SMILES string of the molecule is CCOc1c([N+](=O)[O-])nc(Cl)c2c1ccn2C(=O)OC(C)(C)C. The standard InChI is InChI=1S/C14H16ClN3O5/c1-5-22-10-8-6-7-17(13(19)23-14(2,3)4)9(8)11(15)16-12(10)18(20)21/h6-7H,5H2,1-4H3. The molecule has 2 rings (SSSR count). The van der Waals surface area contributed by atoms with Crippen molar-refractivity contribution in [2.45, 2.75) is 33.3 Å². The van der Waals surface area contributed by atoms with Crippen LogP contribution >= 0.6 is 11.6 Å². The molecule has 0 spiro atoms. The van der Waals surface area contributed by atoms with Crippen molar-refractivity contribution in [3.05, 3.63) is 27.5 Å². The quantitative estimate of drug-likeness (QED) is 0.479. The molecule has 2 aromatic rings. The summed E-state index contributed by atoms with van der Waals surface area (Å²) in [6.07, 6.45) is 0.756. The highest BCUT2D eigenvalue weighted by atomic mass is 35.5. The predicted molar refractivity (Wildman–Crippen MR) is 84.2 cm³/mol. The van der Waals surface area contributed by atoms with Crippen LogP contribution in [0.1, 0.15) is 27.7 Å². The normalized spacial score (nSPS) is 11.5. The van der Waals surface area contributed by atoms with E-state index < -0.39 is 22.4 Å². The van der Waals surface area contributed by atoms with Crippen LogP contribution in [0.25, 0.3) is 10.9 Å². The fraction of sp³-hybridized carbons (Fsp3) is 0.429. The number of aromatic nitrogens is 2. The number of hydrogen-bond acceptors (Lipinski definition) is 6. The zero-order chi connectivity index (χ0) is 17.4. The highest BCUT2D eigenvalue weighted by Gasteiger charge is 2.29. The number of ether oxygens (including phenoxy) is 2. The first-order valence-corrected chi connectivity index (χ1v) is 7.24. The molecule has 0 bridgehead atoms. The Morgan fingerprint density at radius 2 is 2.13 bits per heavy atom. The van der Waals surface area contributed by atoms with Gasteiger partial charge in [-0.3, -0.25) is 0 Å². The summed E-state index contributed by atoms with van der Waals surface area (Å²) in [5.41, 5.74) is -0.494. The summed E-state index contributed by atoms with van der Waals surface area (Å²) in [6, 6.07) is 1.50. The van der Waals surface area contributed by atoms with Crippen molar-refractivity contribution < 1.29 is 19.2 Å². The highest BCUT2D eigenvalue weighted by molar-refractivity contribution is 6.34. The van der Waals surface area contributed by atoms with E-state index in [9.17, 15) is 14.9 Å². The molecule has 0 unspecified atom stereocenters. The first-order chi connectivity index (χ1) is 10.7. The maximum absolute atomic E-state index is 12.3. The third-order valence-electron chi connectivity index (χ3n) is 2.79. The Morgan fingerprint density at radius 1 is 1.48 bits per heavy atom. The van der Waals surface area contributed by atoms with Gasteiger partial charge in [0.15, 0.2) is 0 Å². The van der Waals surface area contributed by atoms with E-state index >= 15 is 0 Å². The first kappa shape index (κ1) is 17.0. The number of carbonyl (C=O) groups excluding carboxylic acids is 1. The monoisotopic (exact) mass is 341 g/mol. The van der Waals surface area contributed by atoms with Crippen molar-refractivity contribution in [3.8, 4) is 5.75 Å². The number of nitro groups is 1. The number of rotatable bonds is 3. The Labute approximate surface area is 137 Å². The van der Waals surface area contributed by atoms with Crippen LogP contribution in [-0.4, -0.2) is 32.8 Å². The van der Waals surface area contributed by atoms with Crippen molar-refractivity contribution in [2.24, 2.45) is 0 Å². The molecule has 2 aromatic heterocycles. The highest BCUT2D eigenvalue weighted by Crippen LogP contribution is 2.38. The lowest BCUT2D eigenvalue weighted by molar-refractivity contribution is -0.390. The molecule has 0 N–H and O–H groups in total. The van der Waals surface area contributed by atoms with Gasteiger partial charge < -0.3 is 19.6 Å². The number of nitrogens with zero attached hydrogens (tertiary/aromatic N) is 3. The minimum absolute atomic E-state index is 0.0285. The van der Waals surface area contributed by atoms with E-state index in [-0.39, 0.29) is 23.0 Å². The molecular weight excluding hydrogens is 326 g/mol. The van der Waals surface area contributed by atoms with Gasteiger partial charge in [0, 0.05) is 6.20 Å². The van der Waals surface area contributed by atoms with Gasteiger partial charge in [-0.1, -0.05) is 0 Å². The maximum Gasteiger partial charge on any atom is 0.419 e. The van der Waals surface area contributed by atoms with Crippen molar-refractivity contribution >= 4 is 34.4 Å². The number of fused-ring (bicyclic) bond motifs is 1. The van der Waals surface area contributed by atoms with Gasteiger partial charge in [0.1, 0.15) is 11.1 Å². The molecule has 0 fully saturated rings. The Morgan fingerprint density at radius 3 is 2.65 bits per heavy atom. The Hall–Kier alpha value is -2.35. The van der Waals surface area contributed by atoms with Gasteiger partial charge in [0.05, 0.1) is 12.0 Å². The Balaban J connectivity index is 2.66. The number of carbonyl (C=O) groups is 1. The number of pyridine rings is 1. The fourth-order valence-corrected chi connectivity index (χ4v) is 2.29. The molecule has 0 radical (unpaired) electrons. The lowest BCUT2D eigenvalue weighted by Crippen LogP contribution is -2.26. The van der Waals surface area contributed by atoms with E-state index in [2.05, 4.69) is 4.98 Å². The maximum atomic E-state index is 12.3. The van der Waals surface area contributed by atoms with Gasteiger partial charge >= 0.3 is 11.9 Å². The van der Waals surface area contributed by atoms with Crippen molar-refractivity contribution in [1.29, 1.82) is 0 Å². The van der Waals surface area contributed by atoms with E-state index in [4.69, 9.17) is 21.1 Å². The van der Waals surface area contributed by atoms with Crippen molar-refractivity contribution in [1.82, 2.24) is 9.55 Å². The average molecular weight is 342 g/mol. The molecule has 124 valence electrons. The summed E-state index contributed by atoms with van der Waals surface area (Å²) in [4.78, 5) is 26.4. The lowest BCUT2D eigenvalue weighted by Gasteiger charge is -2.19. The second-order valence-corrected chi connectivity index (χ2v) is 6.03. The molecule has 2 heterocycles. The van der Waals surface area contributed by atoms with Crippen molar-refractivity contribution in [3.63, 3.8) is 0 Å². The van der Waals surface area contributed by atoms with E-state index in [0.29, 0.717) is 5.39 Å². The van der Waals surface area contributed by atoms with E-state index in [1.54, 1.807) is 27.7 Å². The van der Waals surface area contributed by atoms with E-state index in [1.807, 2.05) is 0 Å². The predicted octanol–water partition coefficient (Wildman–Crippen LogP) is 3.78. The summed E-state index contributed by atoms with van der Waals surface area (Å²) < 4.78 is 11.8. The molecule has 0 aliphatic carbocycles. The van der Waals surface area contributed by atoms with Crippen molar-refractivity contribution in [2.75, 3.05) is 6.61 Å². The fourth-order valence-electron chi connectivity index (χ4n) is 2.02. The second-order valence-electron chi connectivity index (χ2n) is 5.67. The van der Waals surface area contributed by atoms with Crippen LogP contribution in [0.4, 0.5) is 10.6 Å². The van der Waals surface area contributed by atoms with E-state index in [1.165, 1.54) is 12.3 Å². The molecule has 23 heavy (non-hydrogen) atoms. The summed E-state index contributed by atoms with van der Waals surface area (Å²) >= 11 is 6.04. The average Bonchev–Trinajstić information content (AvgIpc) is 2.85. The molecule has 0 aliphatic heterocycles. The summed E-state index contributed by atoms with van der Waals surface area (Å²) in [7, 11) is 0. The van der Waals surface area contributed by atoms with Crippen LogP contribution in [0.5, 0.6) is 5.75 Å². The smallest absolute Gasteiger partial charge is 0.419 e. The third-order valence-corrected chi connectivity index (χ3v) is 3.05. The largest absolute Gasteiger partial charge is 0.486 e. The summed E-state index contributed by atoms with van der Waals surface area (Å²) in [5, 5.41) is 11.3.